The number of hydrogen-bond donors (Lipinski definition) is 1. The Hall–Kier alpha value is -2.70. The van der Waals surface area contributed by atoms with E-state index in [9.17, 15) is 14.5 Å². The van der Waals surface area contributed by atoms with Crippen molar-refractivity contribution in [2.45, 2.75) is 0 Å². The molecule has 19 heavy (non-hydrogen) atoms. The van der Waals surface area contributed by atoms with Gasteiger partial charge in [0.15, 0.2) is 5.69 Å². The Labute approximate surface area is 108 Å². The van der Waals surface area contributed by atoms with Crippen LogP contribution < -0.4 is 14.9 Å². The summed E-state index contributed by atoms with van der Waals surface area (Å²) in [7, 11) is 1.42. The first-order valence-corrected chi connectivity index (χ1v) is 5.37. The first-order chi connectivity index (χ1) is 9.11. The predicted molar refractivity (Wildman–Crippen MR) is 65.5 cm³/mol. The van der Waals surface area contributed by atoms with Crippen LogP contribution in [0.25, 0.3) is 0 Å². The fourth-order valence-corrected chi connectivity index (χ4v) is 1.55. The summed E-state index contributed by atoms with van der Waals surface area (Å²) < 4.78 is 14.8. The minimum absolute atomic E-state index is 0.138. The highest BCUT2D eigenvalue weighted by Gasteiger charge is 2.20. The molecule has 1 N–H and O–H groups in total. The molecule has 0 saturated heterocycles. The van der Waals surface area contributed by atoms with Gasteiger partial charge in [0.1, 0.15) is 12.9 Å². The van der Waals surface area contributed by atoms with Crippen molar-refractivity contribution >= 4 is 17.1 Å². The van der Waals surface area contributed by atoms with Gasteiger partial charge in [-0.05, 0) is 12.1 Å². The first kappa shape index (κ1) is 12.7. The van der Waals surface area contributed by atoms with Crippen molar-refractivity contribution in [3.05, 3.63) is 58.7 Å². The Kier molecular flexibility index (Phi) is 3.56. The Morgan fingerprint density at radius 3 is 2.68 bits per heavy atom. The monoisotopic (exact) mass is 264 g/mol. The molecule has 0 amide bonds. The van der Waals surface area contributed by atoms with Crippen LogP contribution in [0.15, 0.2) is 42.7 Å². The number of aromatic nitrogens is 1. The van der Waals surface area contributed by atoms with E-state index in [0.717, 1.165) is 0 Å². The highest BCUT2D eigenvalue weighted by atomic mass is 19.1. The van der Waals surface area contributed by atoms with Gasteiger partial charge in [-0.15, -0.1) is 0 Å². The van der Waals surface area contributed by atoms with Gasteiger partial charge in [0.25, 0.3) is 6.20 Å². The van der Waals surface area contributed by atoms with Crippen molar-refractivity contribution in [1.82, 2.24) is 0 Å². The summed E-state index contributed by atoms with van der Waals surface area (Å²) in [5, 5.41) is 13.6. The third-order valence-corrected chi connectivity index (χ3v) is 2.46. The molecule has 0 bridgehead atoms. The number of para-hydroxylation sites is 1. The van der Waals surface area contributed by atoms with Gasteiger partial charge in [0.2, 0.25) is 6.20 Å². The van der Waals surface area contributed by atoms with E-state index in [1.807, 2.05) is 0 Å². The molecule has 0 saturated carbocycles. The minimum Gasteiger partial charge on any atom is -0.342 e. The molecule has 1 heterocycles. The van der Waals surface area contributed by atoms with E-state index in [1.165, 1.54) is 48.5 Å². The lowest BCUT2D eigenvalue weighted by Gasteiger charge is -2.06. The van der Waals surface area contributed by atoms with Crippen molar-refractivity contribution in [1.29, 1.82) is 0 Å². The molecule has 0 aliphatic carbocycles. The number of halogens is 1. The second-order valence-electron chi connectivity index (χ2n) is 3.65. The number of benzene rings is 1. The maximum absolute atomic E-state index is 13.5. The number of anilines is 2. The van der Waals surface area contributed by atoms with Crippen molar-refractivity contribution in [2.24, 2.45) is 0 Å². The van der Waals surface area contributed by atoms with Crippen LogP contribution in [-0.4, -0.2) is 12.0 Å². The molecule has 7 heteroatoms. The molecule has 1 aromatic heterocycles. The van der Waals surface area contributed by atoms with Gasteiger partial charge in [-0.1, -0.05) is 12.1 Å². The number of rotatable bonds is 4. The quantitative estimate of drug-likeness (QED) is 0.519. The normalized spacial score (nSPS) is 10.0. The zero-order chi connectivity index (χ0) is 13.8. The van der Waals surface area contributed by atoms with Crippen molar-refractivity contribution in [3.8, 4) is 0 Å². The van der Waals surface area contributed by atoms with Crippen LogP contribution in [0.3, 0.4) is 0 Å². The third kappa shape index (κ3) is 2.76. The van der Waals surface area contributed by atoms with Gasteiger partial charge < -0.3 is 5.32 Å². The van der Waals surface area contributed by atoms with Gasteiger partial charge in [-0.25, -0.2) is 4.39 Å². The lowest BCUT2D eigenvalue weighted by molar-refractivity contribution is -0.885. The molecule has 0 aliphatic heterocycles. The minimum atomic E-state index is -0.552. The van der Waals surface area contributed by atoms with E-state index in [1.54, 1.807) is 6.07 Å². The largest absolute Gasteiger partial charge is 0.342 e. The van der Waals surface area contributed by atoms with Crippen LogP contribution in [0.2, 0.25) is 0 Å². The second kappa shape index (κ2) is 5.30. The van der Waals surface area contributed by atoms with Gasteiger partial charge >= 0.3 is 5.69 Å². The lowest BCUT2D eigenvalue weighted by atomic mass is 10.2. The SMILES string of the molecule is CO[n+]1ccc([N+](=O)[O-])c(Nc2ccccc2F)c1. The smallest absolute Gasteiger partial charge is 0.305 e. The summed E-state index contributed by atoms with van der Waals surface area (Å²) in [5.41, 5.74) is 0.121. The van der Waals surface area contributed by atoms with E-state index < -0.39 is 10.7 Å². The Morgan fingerprint density at radius 1 is 1.32 bits per heavy atom. The highest BCUT2D eigenvalue weighted by molar-refractivity contribution is 5.67. The summed E-state index contributed by atoms with van der Waals surface area (Å²) in [6.45, 7) is 0. The van der Waals surface area contributed by atoms with E-state index in [-0.39, 0.29) is 17.1 Å². The summed E-state index contributed by atoms with van der Waals surface area (Å²) in [6.07, 6.45) is 2.76. The molecule has 1 aromatic carbocycles. The number of hydrogen-bond acceptors (Lipinski definition) is 4. The number of nitrogens with zero attached hydrogens (tertiary/aromatic N) is 2. The third-order valence-electron chi connectivity index (χ3n) is 2.46. The van der Waals surface area contributed by atoms with Crippen LogP contribution in [-0.2, 0) is 0 Å². The van der Waals surface area contributed by atoms with Crippen LogP contribution in [0, 0.1) is 15.9 Å². The fraction of sp³-hybridized carbons (Fsp3) is 0.0833. The molecule has 2 aromatic rings. The maximum atomic E-state index is 13.5. The van der Waals surface area contributed by atoms with E-state index in [4.69, 9.17) is 4.84 Å². The molecular weight excluding hydrogens is 253 g/mol. The van der Waals surface area contributed by atoms with E-state index >= 15 is 0 Å². The highest BCUT2D eigenvalue weighted by Crippen LogP contribution is 2.26. The molecule has 6 nitrogen and oxygen atoms in total. The standard InChI is InChI=1S/C12H11FN3O3/c1-19-15-7-6-12(16(17)18)11(8-15)14-10-5-3-2-4-9(10)13/h2-8,14H,1H3/q+1. The summed E-state index contributed by atoms with van der Waals surface area (Å²) in [5.74, 6) is -0.496. The van der Waals surface area contributed by atoms with Gasteiger partial charge in [-0.3, -0.25) is 15.0 Å². The molecule has 0 atom stereocenters. The van der Waals surface area contributed by atoms with Gasteiger partial charge in [-0.2, -0.15) is 0 Å². The first-order valence-electron chi connectivity index (χ1n) is 5.37. The molecule has 0 spiro atoms. The van der Waals surface area contributed by atoms with Crippen molar-refractivity contribution < 1.29 is 18.9 Å². The summed E-state index contributed by atoms with van der Waals surface area (Å²) in [4.78, 5) is 15.3. The summed E-state index contributed by atoms with van der Waals surface area (Å²) >= 11 is 0. The van der Waals surface area contributed by atoms with E-state index in [2.05, 4.69) is 5.32 Å². The van der Waals surface area contributed by atoms with Crippen LogP contribution in [0.1, 0.15) is 0 Å². The average molecular weight is 264 g/mol. The maximum Gasteiger partial charge on any atom is 0.305 e. The zero-order valence-corrected chi connectivity index (χ0v) is 10.0. The predicted octanol–water partition coefficient (Wildman–Crippen LogP) is 1.82. The lowest BCUT2D eigenvalue weighted by Crippen LogP contribution is -2.39. The van der Waals surface area contributed by atoms with Crippen LogP contribution in [0.5, 0.6) is 0 Å². The molecule has 0 fully saturated rings. The van der Waals surface area contributed by atoms with Crippen LogP contribution in [0.4, 0.5) is 21.5 Å². The molecule has 0 radical (unpaired) electrons. The molecule has 2 rings (SSSR count). The van der Waals surface area contributed by atoms with Crippen molar-refractivity contribution in [3.63, 3.8) is 0 Å². The Morgan fingerprint density at radius 2 is 2.05 bits per heavy atom. The van der Waals surface area contributed by atoms with E-state index in [0.29, 0.717) is 0 Å². The molecule has 0 unspecified atom stereocenters. The Bertz CT molecular complexity index is 619. The van der Waals surface area contributed by atoms with Gasteiger partial charge in [0.05, 0.1) is 16.7 Å². The number of nitrogens with one attached hydrogen (secondary N) is 1. The zero-order valence-electron chi connectivity index (χ0n) is 10.0. The molecular formula is C12H11FN3O3+. The Balaban J connectivity index is 2.43. The van der Waals surface area contributed by atoms with Crippen LogP contribution >= 0.6 is 0 Å². The van der Waals surface area contributed by atoms with Crippen molar-refractivity contribution in [2.75, 3.05) is 12.4 Å². The molecule has 98 valence electrons. The summed E-state index contributed by atoms with van der Waals surface area (Å²) in [6, 6.07) is 7.19. The number of nitro groups is 1. The number of pyridine rings is 1. The average Bonchev–Trinajstić information content (AvgIpc) is 2.41. The molecule has 0 aliphatic rings. The topological polar surface area (TPSA) is 68.3 Å². The second-order valence-corrected chi connectivity index (χ2v) is 3.65. The van der Waals surface area contributed by atoms with Gasteiger partial charge in [0, 0.05) is 4.73 Å². The fourth-order valence-electron chi connectivity index (χ4n) is 1.55.